The predicted molar refractivity (Wildman–Crippen MR) is 43.8 cm³/mol. The van der Waals surface area contributed by atoms with Crippen LogP contribution in [0.1, 0.15) is 0 Å². The van der Waals surface area contributed by atoms with Crippen molar-refractivity contribution in [2.24, 2.45) is 0 Å². The molecular formula is C3H2O4S3. The van der Waals surface area contributed by atoms with E-state index in [0.717, 1.165) is 0 Å². The minimum atomic E-state index is -1.20. The van der Waals surface area contributed by atoms with Crippen molar-refractivity contribution in [3.63, 3.8) is 0 Å². The number of hydrogen-bond donors (Lipinski definition) is 2. The summed E-state index contributed by atoms with van der Waals surface area (Å²) in [4.78, 5) is 19.7. The maximum atomic E-state index is 9.86. The van der Waals surface area contributed by atoms with Gasteiger partial charge in [0.1, 0.15) is 3.53 Å². The minimum absolute atomic E-state index is 0.125. The van der Waals surface area contributed by atoms with E-state index in [0.29, 0.717) is 23.5 Å². The molecule has 0 saturated heterocycles. The Morgan fingerprint density at radius 1 is 1.10 bits per heavy atom. The molecule has 0 aliphatic heterocycles. The summed E-state index contributed by atoms with van der Waals surface area (Å²) in [6, 6.07) is 0. The van der Waals surface area contributed by atoms with Crippen LogP contribution in [0.2, 0.25) is 0 Å². The zero-order chi connectivity index (χ0) is 8.15. The highest BCUT2D eigenvalue weighted by molar-refractivity contribution is 8.55. The van der Waals surface area contributed by atoms with Crippen LogP contribution in [-0.2, 0) is 0 Å². The summed E-state index contributed by atoms with van der Waals surface area (Å²) >= 11 is 5.00. The second-order valence-electron chi connectivity index (χ2n) is 0.986. The third-order valence-corrected chi connectivity index (χ3v) is 2.02. The fourth-order valence-electron chi connectivity index (χ4n) is 0.163. The highest BCUT2D eigenvalue weighted by Crippen LogP contribution is 2.17. The molecule has 0 aliphatic rings. The van der Waals surface area contributed by atoms with Crippen LogP contribution in [-0.4, -0.2) is 24.3 Å². The molecule has 0 bridgehead atoms. The zero-order valence-electron chi connectivity index (χ0n) is 4.44. The fourth-order valence-corrected chi connectivity index (χ4v) is 1.47. The van der Waals surface area contributed by atoms with Gasteiger partial charge < -0.3 is 10.2 Å². The molecule has 0 unspecified atom stereocenters. The van der Waals surface area contributed by atoms with Crippen LogP contribution in [0.4, 0.5) is 9.59 Å². The lowest BCUT2D eigenvalue weighted by molar-refractivity contribution is 0.221. The average molecular weight is 198 g/mol. The van der Waals surface area contributed by atoms with E-state index in [2.05, 4.69) is 12.2 Å². The Morgan fingerprint density at radius 3 is 1.60 bits per heavy atom. The van der Waals surface area contributed by atoms with Crippen molar-refractivity contribution < 1.29 is 19.8 Å². The summed E-state index contributed by atoms with van der Waals surface area (Å²) in [6.07, 6.45) is 0. The Bertz CT molecular complexity index is 159. The molecule has 0 saturated carbocycles. The molecule has 0 aromatic rings. The third kappa shape index (κ3) is 5.86. The molecule has 2 N–H and O–H groups in total. The Balaban J connectivity index is 3.65. The van der Waals surface area contributed by atoms with Crippen LogP contribution in [0.25, 0.3) is 0 Å². The first-order chi connectivity index (χ1) is 4.52. The van der Waals surface area contributed by atoms with E-state index >= 15 is 0 Å². The monoisotopic (exact) mass is 198 g/mol. The van der Waals surface area contributed by atoms with Crippen molar-refractivity contribution in [2.75, 3.05) is 0 Å². The number of thiocarbonyl (C=S) groups is 1. The second kappa shape index (κ2) is 4.53. The van der Waals surface area contributed by atoms with Gasteiger partial charge in [-0.05, 0) is 0 Å². The molecule has 56 valence electrons. The van der Waals surface area contributed by atoms with Gasteiger partial charge in [0.05, 0.1) is 0 Å². The highest BCUT2D eigenvalue weighted by Gasteiger charge is 2.09. The topological polar surface area (TPSA) is 74.6 Å². The second-order valence-corrected chi connectivity index (χ2v) is 4.09. The number of hydrogen-bond acceptors (Lipinski definition) is 5. The van der Waals surface area contributed by atoms with E-state index < -0.39 is 10.6 Å². The first-order valence-corrected chi connectivity index (χ1v) is 3.92. The molecule has 0 aromatic heterocycles. The van der Waals surface area contributed by atoms with Gasteiger partial charge >= 0.3 is 10.6 Å². The highest BCUT2D eigenvalue weighted by atomic mass is 32.2. The zero-order valence-corrected chi connectivity index (χ0v) is 6.89. The van der Waals surface area contributed by atoms with Crippen molar-refractivity contribution in [3.05, 3.63) is 0 Å². The van der Waals surface area contributed by atoms with Crippen LogP contribution < -0.4 is 0 Å². The van der Waals surface area contributed by atoms with Gasteiger partial charge in [-0.25, -0.2) is 9.59 Å². The molecule has 0 atom stereocenters. The molecule has 7 heteroatoms. The minimum Gasteiger partial charge on any atom is -0.473 e. The molecule has 0 spiro atoms. The number of carboxylic acid groups (broad SMARTS) is 2. The van der Waals surface area contributed by atoms with Crippen LogP contribution in [0.15, 0.2) is 0 Å². The smallest absolute Gasteiger partial charge is 0.371 e. The maximum Gasteiger partial charge on any atom is 0.371 e. The normalized spacial score (nSPS) is 8.80. The van der Waals surface area contributed by atoms with E-state index in [1.807, 2.05) is 0 Å². The van der Waals surface area contributed by atoms with E-state index in [1.165, 1.54) is 0 Å². The first-order valence-electron chi connectivity index (χ1n) is 1.88. The number of thioether (sulfide) groups is 2. The van der Waals surface area contributed by atoms with E-state index in [-0.39, 0.29) is 3.53 Å². The molecule has 0 aliphatic carbocycles. The fraction of sp³-hybridized carbons (Fsp3) is 0. The van der Waals surface area contributed by atoms with Crippen molar-refractivity contribution in [3.8, 4) is 0 Å². The predicted octanol–water partition coefficient (Wildman–Crippen LogP) is 2.09. The molecular weight excluding hydrogens is 196 g/mol. The lowest BCUT2D eigenvalue weighted by atomic mass is 11.6. The van der Waals surface area contributed by atoms with Gasteiger partial charge in [-0.3, -0.25) is 0 Å². The Kier molecular flexibility index (Phi) is 4.41. The summed E-state index contributed by atoms with van der Waals surface area (Å²) in [5.74, 6) is 0. The van der Waals surface area contributed by atoms with E-state index in [4.69, 9.17) is 10.2 Å². The summed E-state index contributed by atoms with van der Waals surface area (Å²) in [5, 5.41) is 13.7. The van der Waals surface area contributed by atoms with Crippen molar-refractivity contribution >= 4 is 49.9 Å². The summed E-state index contributed by atoms with van der Waals surface area (Å²) < 4.78 is -0.125. The standard InChI is InChI=1S/C3H2O4S3/c4-1(5)9-3(8)10-2(6)7/h(H,4,5)(H,6,7). The van der Waals surface area contributed by atoms with Crippen LogP contribution in [0.3, 0.4) is 0 Å². The largest absolute Gasteiger partial charge is 0.473 e. The molecule has 10 heavy (non-hydrogen) atoms. The van der Waals surface area contributed by atoms with Crippen molar-refractivity contribution in [2.45, 2.75) is 0 Å². The molecule has 0 fully saturated rings. The Morgan fingerprint density at radius 2 is 1.40 bits per heavy atom. The summed E-state index contributed by atoms with van der Waals surface area (Å²) in [5.41, 5.74) is 0. The van der Waals surface area contributed by atoms with Gasteiger partial charge in [0.2, 0.25) is 0 Å². The summed E-state index contributed by atoms with van der Waals surface area (Å²) in [7, 11) is 0. The number of carbonyl (C=O) groups is 2. The molecule has 0 heterocycles. The van der Waals surface area contributed by atoms with Crippen molar-refractivity contribution in [1.82, 2.24) is 0 Å². The summed E-state index contributed by atoms with van der Waals surface area (Å²) in [6.45, 7) is 0. The van der Waals surface area contributed by atoms with Gasteiger partial charge in [-0.2, -0.15) is 0 Å². The SMILES string of the molecule is O=C(O)SC(=S)SC(=O)O. The van der Waals surface area contributed by atoms with Crippen LogP contribution in [0.5, 0.6) is 0 Å². The third-order valence-electron chi connectivity index (χ3n) is 0.341. The molecule has 4 nitrogen and oxygen atoms in total. The van der Waals surface area contributed by atoms with Crippen molar-refractivity contribution in [1.29, 1.82) is 0 Å². The Labute approximate surface area is 70.0 Å². The maximum absolute atomic E-state index is 9.86. The van der Waals surface area contributed by atoms with Gasteiger partial charge in [0, 0.05) is 23.5 Å². The molecule has 0 radical (unpaired) electrons. The average Bonchev–Trinajstić information content (AvgIpc) is 1.58. The lowest BCUT2D eigenvalue weighted by Crippen LogP contribution is -1.93. The van der Waals surface area contributed by atoms with Gasteiger partial charge in [-0.15, -0.1) is 0 Å². The molecule has 0 aromatic carbocycles. The quantitative estimate of drug-likeness (QED) is 0.577. The van der Waals surface area contributed by atoms with E-state index in [1.54, 1.807) is 0 Å². The molecule has 0 rings (SSSR count). The Hall–Kier alpha value is -0.270. The van der Waals surface area contributed by atoms with Gasteiger partial charge in [-0.1, -0.05) is 12.2 Å². The van der Waals surface area contributed by atoms with E-state index in [9.17, 15) is 9.59 Å². The number of rotatable bonds is 0. The lowest BCUT2D eigenvalue weighted by Gasteiger charge is -1.90. The first kappa shape index (κ1) is 9.73. The van der Waals surface area contributed by atoms with Crippen LogP contribution in [0, 0.1) is 0 Å². The van der Waals surface area contributed by atoms with Crippen LogP contribution >= 0.6 is 35.7 Å². The van der Waals surface area contributed by atoms with Gasteiger partial charge in [0.15, 0.2) is 0 Å². The van der Waals surface area contributed by atoms with Gasteiger partial charge in [0.25, 0.3) is 0 Å². The molecule has 0 amide bonds.